The molecule has 19 heavy (non-hydrogen) atoms. The summed E-state index contributed by atoms with van der Waals surface area (Å²) < 4.78 is 18.5. The number of hydrogen-bond donors (Lipinski definition) is 0. The van der Waals surface area contributed by atoms with Gasteiger partial charge in [0.25, 0.3) is 0 Å². The highest BCUT2D eigenvalue weighted by molar-refractivity contribution is 7.61. The minimum absolute atomic E-state index is 0.303. The van der Waals surface area contributed by atoms with Gasteiger partial charge in [-0.2, -0.15) is 0 Å². The fourth-order valence-electron chi connectivity index (χ4n) is 1.74. The third kappa shape index (κ3) is 3.65. The SMILES string of the molecule is CC(C)(C)Oc1ccccc1[P+](=O)c1ccccc1. The van der Waals surface area contributed by atoms with Crippen molar-refractivity contribution in [3.05, 3.63) is 54.6 Å². The molecule has 0 saturated carbocycles. The van der Waals surface area contributed by atoms with E-state index in [2.05, 4.69) is 0 Å². The first-order valence-electron chi connectivity index (χ1n) is 6.28. The third-order valence-electron chi connectivity index (χ3n) is 2.49. The van der Waals surface area contributed by atoms with Crippen LogP contribution in [-0.4, -0.2) is 5.60 Å². The second-order valence-electron chi connectivity index (χ2n) is 5.31. The summed E-state index contributed by atoms with van der Waals surface area (Å²) in [6, 6.07) is 17.0. The van der Waals surface area contributed by atoms with Crippen LogP contribution < -0.4 is 15.3 Å². The Labute approximate surface area is 115 Å². The molecule has 2 nitrogen and oxygen atoms in total. The van der Waals surface area contributed by atoms with Crippen LogP contribution in [0.2, 0.25) is 0 Å². The lowest BCUT2D eigenvalue weighted by molar-refractivity contribution is 0.132. The van der Waals surface area contributed by atoms with Crippen molar-refractivity contribution in [2.75, 3.05) is 0 Å². The molecule has 0 radical (unpaired) electrons. The van der Waals surface area contributed by atoms with Gasteiger partial charge in [-0.05, 0) is 45.0 Å². The second kappa shape index (κ2) is 5.54. The van der Waals surface area contributed by atoms with Gasteiger partial charge in [0.2, 0.25) is 5.30 Å². The van der Waals surface area contributed by atoms with Crippen molar-refractivity contribution in [1.82, 2.24) is 0 Å². The second-order valence-corrected chi connectivity index (χ2v) is 6.90. The van der Waals surface area contributed by atoms with Crippen LogP contribution in [0, 0.1) is 0 Å². The van der Waals surface area contributed by atoms with Crippen LogP contribution in [0.3, 0.4) is 0 Å². The standard InChI is InChI=1S/C16H18O2P/c1-16(2,3)18-14-11-7-8-12-15(14)19(17)13-9-5-4-6-10-13/h4-12H,1-3H3/q+1. The summed E-state index contributed by atoms with van der Waals surface area (Å²) in [5.74, 6) is 0.694. The highest BCUT2D eigenvalue weighted by atomic mass is 31.1. The topological polar surface area (TPSA) is 26.3 Å². The summed E-state index contributed by atoms with van der Waals surface area (Å²) >= 11 is 0. The molecule has 0 aromatic heterocycles. The molecule has 0 spiro atoms. The summed E-state index contributed by atoms with van der Waals surface area (Å²) in [5.41, 5.74) is -0.303. The molecule has 0 aliphatic carbocycles. The van der Waals surface area contributed by atoms with E-state index in [1.165, 1.54) is 0 Å². The molecule has 1 atom stereocenters. The smallest absolute Gasteiger partial charge is 0.419 e. The van der Waals surface area contributed by atoms with E-state index >= 15 is 0 Å². The highest BCUT2D eigenvalue weighted by Crippen LogP contribution is 2.27. The van der Waals surface area contributed by atoms with Gasteiger partial charge in [-0.1, -0.05) is 34.9 Å². The van der Waals surface area contributed by atoms with E-state index in [-0.39, 0.29) is 5.60 Å². The van der Waals surface area contributed by atoms with Gasteiger partial charge in [-0.25, -0.2) is 0 Å². The van der Waals surface area contributed by atoms with Crippen molar-refractivity contribution in [2.24, 2.45) is 0 Å². The molecular formula is C16H18O2P+. The molecule has 0 fully saturated rings. The maximum Gasteiger partial charge on any atom is 0.419 e. The molecule has 0 heterocycles. The summed E-state index contributed by atoms with van der Waals surface area (Å²) in [6.07, 6.45) is 0. The molecule has 0 amide bonds. The zero-order valence-corrected chi connectivity index (χ0v) is 12.4. The summed E-state index contributed by atoms with van der Waals surface area (Å²) in [7, 11) is -1.62. The first-order chi connectivity index (χ1) is 8.97. The van der Waals surface area contributed by atoms with Crippen LogP contribution in [0.5, 0.6) is 5.75 Å². The van der Waals surface area contributed by atoms with Gasteiger partial charge in [-0.3, -0.25) is 0 Å². The number of rotatable bonds is 3. The normalized spacial score (nSPS) is 12.1. The Morgan fingerprint density at radius 3 is 2.11 bits per heavy atom. The van der Waals surface area contributed by atoms with Gasteiger partial charge < -0.3 is 4.74 Å². The number of ether oxygens (including phenoxy) is 1. The molecule has 0 N–H and O–H groups in total. The average molecular weight is 273 g/mol. The average Bonchev–Trinajstić information content (AvgIpc) is 2.38. The Kier molecular flexibility index (Phi) is 4.01. The molecule has 0 aliphatic rings. The summed E-state index contributed by atoms with van der Waals surface area (Å²) in [5, 5.41) is 1.57. The molecule has 0 saturated heterocycles. The van der Waals surface area contributed by atoms with Crippen molar-refractivity contribution in [3.8, 4) is 5.75 Å². The van der Waals surface area contributed by atoms with Crippen LogP contribution in [-0.2, 0) is 4.57 Å². The molecule has 0 aliphatic heterocycles. The van der Waals surface area contributed by atoms with Gasteiger partial charge >= 0.3 is 7.80 Å². The first kappa shape index (κ1) is 13.8. The Hall–Kier alpha value is -1.66. The van der Waals surface area contributed by atoms with E-state index in [0.29, 0.717) is 5.75 Å². The zero-order chi connectivity index (χ0) is 13.9. The van der Waals surface area contributed by atoms with E-state index in [9.17, 15) is 4.57 Å². The van der Waals surface area contributed by atoms with E-state index < -0.39 is 7.80 Å². The molecule has 3 heteroatoms. The summed E-state index contributed by atoms with van der Waals surface area (Å²) in [6.45, 7) is 5.96. The Morgan fingerprint density at radius 1 is 0.895 bits per heavy atom. The van der Waals surface area contributed by atoms with E-state index in [4.69, 9.17) is 4.74 Å². The van der Waals surface area contributed by atoms with Crippen LogP contribution in [0.4, 0.5) is 0 Å². The fourth-order valence-corrected chi connectivity index (χ4v) is 3.01. The molecule has 2 aromatic rings. The number of hydrogen-bond acceptors (Lipinski definition) is 2. The third-order valence-corrected chi connectivity index (χ3v) is 4.07. The highest BCUT2D eigenvalue weighted by Gasteiger charge is 2.29. The van der Waals surface area contributed by atoms with E-state index in [1.807, 2.05) is 75.4 Å². The van der Waals surface area contributed by atoms with Gasteiger partial charge in [0, 0.05) is 0 Å². The molecular weight excluding hydrogens is 255 g/mol. The molecule has 1 unspecified atom stereocenters. The van der Waals surface area contributed by atoms with Crippen LogP contribution in [0.1, 0.15) is 20.8 Å². The predicted molar refractivity (Wildman–Crippen MR) is 80.1 cm³/mol. The molecule has 0 bridgehead atoms. The van der Waals surface area contributed by atoms with Gasteiger partial charge in [0.15, 0.2) is 11.1 Å². The minimum Gasteiger partial charge on any atom is -0.483 e. The first-order valence-corrected chi connectivity index (χ1v) is 7.54. The van der Waals surface area contributed by atoms with Crippen LogP contribution >= 0.6 is 7.80 Å². The maximum atomic E-state index is 12.6. The predicted octanol–water partition coefficient (Wildman–Crippen LogP) is 3.64. The molecule has 2 rings (SSSR count). The van der Waals surface area contributed by atoms with E-state index in [1.54, 1.807) is 0 Å². The molecule has 98 valence electrons. The Bertz CT molecular complexity index is 571. The lowest BCUT2D eigenvalue weighted by Crippen LogP contribution is -2.26. The monoisotopic (exact) mass is 273 g/mol. The lowest BCUT2D eigenvalue weighted by atomic mass is 10.2. The van der Waals surface area contributed by atoms with E-state index in [0.717, 1.165) is 10.6 Å². The fraction of sp³-hybridized carbons (Fsp3) is 0.250. The quantitative estimate of drug-likeness (QED) is 0.798. The Balaban J connectivity index is 2.38. The summed E-state index contributed by atoms with van der Waals surface area (Å²) in [4.78, 5) is 0. The van der Waals surface area contributed by atoms with Crippen LogP contribution in [0.25, 0.3) is 0 Å². The minimum atomic E-state index is -1.62. The largest absolute Gasteiger partial charge is 0.483 e. The Morgan fingerprint density at radius 2 is 1.47 bits per heavy atom. The zero-order valence-electron chi connectivity index (χ0n) is 11.5. The van der Waals surface area contributed by atoms with Crippen molar-refractivity contribution in [1.29, 1.82) is 0 Å². The lowest BCUT2D eigenvalue weighted by Gasteiger charge is -2.20. The maximum absolute atomic E-state index is 12.6. The van der Waals surface area contributed by atoms with Crippen molar-refractivity contribution in [2.45, 2.75) is 26.4 Å². The van der Waals surface area contributed by atoms with Gasteiger partial charge in [-0.15, -0.1) is 0 Å². The molecule has 2 aromatic carbocycles. The van der Waals surface area contributed by atoms with Crippen LogP contribution in [0.15, 0.2) is 54.6 Å². The number of para-hydroxylation sites is 1. The van der Waals surface area contributed by atoms with Crippen molar-refractivity contribution < 1.29 is 9.30 Å². The van der Waals surface area contributed by atoms with Crippen molar-refractivity contribution in [3.63, 3.8) is 0 Å². The van der Waals surface area contributed by atoms with Gasteiger partial charge in [0.05, 0.1) is 0 Å². The van der Waals surface area contributed by atoms with Gasteiger partial charge in [0.1, 0.15) is 5.60 Å². The van der Waals surface area contributed by atoms with Crippen molar-refractivity contribution >= 4 is 18.4 Å². The number of benzene rings is 2.